The first-order valence-corrected chi connectivity index (χ1v) is 16.0. The fourth-order valence-corrected chi connectivity index (χ4v) is 8.11. The molecule has 2 aromatic rings. The van der Waals surface area contributed by atoms with E-state index in [1.54, 1.807) is 53.4 Å². The normalized spacial score (nSPS) is 18.2. The minimum Gasteiger partial charge on any atom is -0.349 e. The smallest absolute Gasteiger partial charge is 0.264 e. The lowest BCUT2D eigenvalue weighted by molar-refractivity contribution is -0.130. The largest absolute Gasteiger partial charge is 0.349 e. The highest BCUT2D eigenvalue weighted by atomic mass is 32.2. The molecule has 1 heterocycles. The number of benzene rings is 2. The Labute approximate surface area is 240 Å². The molecule has 1 unspecified atom stereocenters. The van der Waals surface area contributed by atoms with Crippen LogP contribution in [0.15, 0.2) is 53.4 Å². The van der Waals surface area contributed by atoms with E-state index in [-0.39, 0.29) is 41.1 Å². The first-order chi connectivity index (χ1) is 18.7. The standard InChI is InChI=1S/C32H45N3O4S/c1-23-16-18-25(19-17-23)40(38,39)35-21-20-34(30(37)26-14-10-11-15-27(26)35)28(24-12-8-7-9-13-24)29(36)33-32(5,6)22-31(2,3)4/h10-11,14-19,24,28H,7-9,12-13,20-22H2,1-6H3,(H,33,36). The average Bonchev–Trinajstić information content (AvgIpc) is 3.01. The van der Waals surface area contributed by atoms with Gasteiger partial charge >= 0.3 is 0 Å². The molecule has 1 saturated carbocycles. The molecule has 1 atom stereocenters. The van der Waals surface area contributed by atoms with Crippen LogP contribution in [0.25, 0.3) is 0 Å². The molecule has 4 rings (SSSR count). The summed E-state index contributed by atoms with van der Waals surface area (Å²) in [5, 5.41) is 3.28. The van der Waals surface area contributed by atoms with Crippen LogP contribution in [0.4, 0.5) is 5.69 Å². The average molecular weight is 568 g/mol. The number of fused-ring (bicyclic) bond motifs is 1. The van der Waals surface area contributed by atoms with Crippen LogP contribution in [0.1, 0.15) is 89.1 Å². The molecule has 8 heteroatoms. The van der Waals surface area contributed by atoms with Gasteiger partial charge in [0.25, 0.3) is 15.9 Å². The van der Waals surface area contributed by atoms with Crippen LogP contribution in [0.2, 0.25) is 0 Å². The van der Waals surface area contributed by atoms with Crippen LogP contribution in [0.3, 0.4) is 0 Å². The van der Waals surface area contributed by atoms with Gasteiger partial charge < -0.3 is 10.2 Å². The molecule has 1 aliphatic heterocycles. The molecule has 2 amide bonds. The number of sulfonamides is 1. The van der Waals surface area contributed by atoms with Crippen molar-refractivity contribution in [3.63, 3.8) is 0 Å². The Bertz CT molecular complexity index is 1320. The number of hydrogen-bond donors (Lipinski definition) is 1. The predicted octanol–water partition coefficient (Wildman–Crippen LogP) is 5.93. The van der Waals surface area contributed by atoms with Gasteiger partial charge in [-0.05, 0) is 75.6 Å². The lowest BCUT2D eigenvalue weighted by Gasteiger charge is -2.40. The van der Waals surface area contributed by atoms with E-state index in [1.165, 1.54) is 4.31 Å². The topological polar surface area (TPSA) is 86.8 Å². The van der Waals surface area contributed by atoms with Gasteiger partial charge in [-0.15, -0.1) is 0 Å². The van der Waals surface area contributed by atoms with E-state index in [9.17, 15) is 18.0 Å². The summed E-state index contributed by atoms with van der Waals surface area (Å²) in [6, 6.07) is 13.0. The molecule has 218 valence electrons. The Kier molecular flexibility index (Phi) is 8.69. The SMILES string of the molecule is Cc1ccc(S(=O)(=O)N2CCN(C(C(=O)NC(C)(C)CC(C)(C)C)C3CCCCC3)C(=O)c3ccccc32)cc1. The second kappa shape index (κ2) is 11.6. The zero-order chi connectivity index (χ0) is 29.3. The van der Waals surface area contributed by atoms with Crippen LogP contribution in [-0.2, 0) is 14.8 Å². The molecule has 7 nitrogen and oxygen atoms in total. The summed E-state index contributed by atoms with van der Waals surface area (Å²) in [5.74, 6) is -0.422. The second-order valence-corrected chi connectivity index (χ2v) is 15.2. The number of carbonyl (C=O) groups is 2. The highest BCUT2D eigenvalue weighted by Crippen LogP contribution is 2.35. The Morgan fingerprint density at radius 2 is 1.57 bits per heavy atom. The van der Waals surface area contributed by atoms with Crippen molar-refractivity contribution in [1.82, 2.24) is 10.2 Å². The maximum absolute atomic E-state index is 14.2. The number of nitrogens with one attached hydrogen (secondary N) is 1. The second-order valence-electron chi connectivity index (χ2n) is 13.4. The van der Waals surface area contributed by atoms with Crippen LogP contribution < -0.4 is 9.62 Å². The lowest BCUT2D eigenvalue weighted by atomic mass is 9.80. The number of carbonyl (C=O) groups excluding carboxylic acids is 2. The Morgan fingerprint density at radius 3 is 2.20 bits per heavy atom. The van der Waals surface area contributed by atoms with Gasteiger partial charge in [-0.1, -0.05) is 69.9 Å². The van der Waals surface area contributed by atoms with Crippen molar-refractivity contribution < 1.29 is 18.0 Å². The first-order valence-electron chi connectivity index (χ1n) is 14.5. The van der Waals surface area contributed by atoms with Gasteiger partial charge in [-0.25, -0.2) is 8.42 Å². The van der Waals surface area contributed by atoms with Crippen LogP contribution >= 0.6 is 0 Å². The van der Waals surface area contributed by atoms with Gasteiger partial charge in [0.1, 0.15) is 6.04 Å². The van der Waals surface area contributed by atoms with Crippen molar-refractivity contribution in [2.24, 2.45) is 11.3 Å². The van der Waals surface area contributed by atoms with Crippen LogP contribution in [-0.4, -0.2) is 49.8 Å². The molecule has 1 fully saturated rings. The van der Waals surface area contributed by atoms with E-state index >= 15 is 0 Å². The molecule has 2 aromatic carbocycles. The van der Waals surface area contributed by atoms with E-state index < -0.39 is 21.6 Å². The molecule has 0 saturated heterocycles. The van der Waals surface area contributed by atoms with E-state index in [0.717, 1.165) is 44.1 Å². The summed E-state index contributed by atoms with van der Waals surface area (Å²) in [6.07, 6.45) is 5.68. The zero-order valence-corrected chi connectivity index (χ0v) is 25.7. The summed E-state index contributed by atoms with van der Waals surface area (Å²) >= 11 is 0. The number of anilines is 1. The first kappa shape index (κ1) is 30.1. The number of aryl methyl sites for hydroxylation is 1. The molecule has 1 N–H and O–H groups in total. The summed E-state index contributed by atoms with van der Waals surface area (Å²) in [4.78, 5) is 30.1. The minimum absolute atomic E-state index is 0.0132. The molecule has 0 bridgehead atoms. The molecule has 0 radical (unpaired) electrons. The van der Waals surface area contributed by atoms with Crippen molar-refractivity contribution in [2.45, 2.75) is 96.5 Å². The minimum atomic E-state index is -3.93. The predicted molar refractivity (Wildman–Crippen MR) is 160 cm³/mol. The summed E-state index contributed by atoms with van der Waals surface area (Å²) < 4.78 is 29.1. The van der Waals surface area contributed by atoms with Gasteiger partial charge in [-0.2, -0.15) is 0 Å². The fraction of sp³-hybridized carbons (Fsp3) is 0.562. The number of rotatable bonds is 7. The van der Waals surface area contributed by atoms with Crippen LogP contribution in [0, 0.1) is 18.3 Å². The zero-order valence-electron chi connectivity index (χ0n) is 24.9. The third-order valence-corrected chi connectivity index (χ3v) is 9.78. The Balaban J connectivity index is 1.73. The van der Waals surface area contributed by atoms with Gasteiger partial charge in [0.2, 0.25) is 5.91 Å². The molecular weight excluding hydrogens is 522 g/mol. The molecular formula is C32H45N3O4S. The maximum atomic E-state index is 14.2. The Hall–Kier alpha value is -2.87. The van der Waals surface area contributed by atoms with Crippen LogP contribution in [0.5, 0.6) is 0 Å². The van der Waals surface area contributed by atoms with Gasteiger partial charge in [0.15, 0.2) is 0 Å². The van der Waals surface area contributed by atoms with E-state index in [4.69, 9.17) is 0 Å². The van der Waals surface area contributed by atoms with E-state index in [2.05, 4.69) is 26.1 Å². The number of para-hydroxylation sites is 1. The molecule has 1 aliphatic carbocycles. The number of amides is 2. The summed E-state index contributed by atoms with van der Waals surface area (Å²) in [5.41, 5.74) is 1.17. The summed E-state index contributed by atoms with van der Waals surface area (Å²) in [7, 11) is -3.93. The van der Waals surface area contributed by atoms with Crippen molar-refractivity contribution in [2.75, 3.05) is 17.4 Å². The monoisotopic (exact) mass is 567 g/mol. The van der Waals surface area contributed by atoms with Crippen molar-refractivity contribution in [3.05, 3.63) is 59.7 Å². The third kappa shape index (κ3) is 6.70. The van der Waals surface area contributed by atoms with Gasteiger partial charge in [0, 0.05) is 12.1 Å². The number of hydrogen-bond acceptors (Lipinski definition) is 4. The third-order valence-electron chi connectivity index (χ3n) is 7.95. The van der Waals surface area contributed by atoms with E-state index in [0.29, 0.717) is 11.3 Å². The van der Waals surface area contributed by atoms with E-state index in [1.807, 2.05) is 20.8 Å². The highest BCUT2D eigenvalue weighted by molar-refractivity contribution is 7.92. The van der Waals surface area contributed by atoms with Crippen molar-refractivity contribution >= 4 is 27.5 Å². The molecule has 2 aliphatic rings. The molecule has 0 aromatic heterocycles. The highest BCUT2D eigenvalue weighted by Gasteiger charge is 2.42. The Morgan fingerprint density at radius 1 is 0.950 bits per heavy atom. The lowest BCUT2D eigenvalue weighted by Crippen LogP contribution is -2.58. The molecule has 0 spiro atoms. The summed E-state index contributed by atoms with van der Waals surface area (Å²) in [6.45, 7) is 12.6. The van der Waals surface area contributed by atoms with Gasteiger partial charge in [0.05, 0.1) is 22.7 Å². The van der Waals surface area contributed by atoms with Crippen molar-refractivity contribution in [3.8, 4) is 0 Å². The maximum Gasteiger partial charge on any atom is 0.264 e. The molecule has 40 heavy (non-hydrogen) atoms. The quantitative estimate of drug-likeness (QED) is 0.450. The van der Waals surface area contributed by atoms with Crippen molar-refractivity contribution in [1.29, 1.82) is 0 Å². The number of nitrogens with zero attached hydrogens (tertiary/aromatic N) is 2. The fourth-order valence-electron chi connectivity index (χ4n) is 6.64. The van der Waals surface area contributed by atoms with Gasteiger partial charge in [-0.3, -0.25) is 13.9 Å².